The summed E-state index contributed by atoms with van der Waals surface area (Å²) in [6, 6.07) is 34.5. The van der Waals surface area contributed by atoms with E-state index in [9.17, 15) is 0 Å². The first kappa shape index (κ1) is 15.0. The average molecular weight is 333 g/mol. The number of hydrogen-bond acceptors (Lipinski definition) is 1. The van der Waals surface area contributed by atoms with E-state index < -0.39 is 0 Å². The SMILES string of the molecule is c1ccc(-c2ccc3c(c2-c2ccccc2)Cc2ccccc2N3)cc1. The largest absolute Gasteiger partial charge is 0.355 e. The van der Waals surface area contributed by atoms with Gasteiger partial charge in [0.2, 0.25) is 0 Å². The van der Waals surface area contributed by atoms with Gasteiger partial charge in [0.05, 0.1) is 0 Å². The lowest BCUT2D eigenvalue weighted by Gasteiger charge is -2.26. The van der Waals surface area contributed by atoms with Crippen LogP contribution in [0.15, 0.2) is 97.1 Å². The third kappa shape index (κ3) is 2.49. The predicted molar refractivity (Wildman–Crippen MR) is 110 cm³/mol. The van der Waals surface area contributed by atoms with E-state index in [2.05, 4.69) is 102 Å². The van der Waals surface area contributed by atoms with Crippen molar-refractivity contribution in [3.05, 3.63) is 108 Å². The third-order valence-corrected chi connectivity index (χ3v) is 5.11. The molecule has 0 unspecified atom stereocenters. The molecule has 0 atom stereocenters. The minimum atomic E-state index is 0.948. The number of anilines is 2. The molecule has 0 aliphatic carbocycles. The molecule has 4 aromatic carbocycles. The second kappa shape index (κ2) is 6.20. The molecule has 0 spiro atoms. The van der Waals surface area contributed by atoms with Gasteiger partial charge in [-0.3, -0.25) is 0 Å². The normalized spacial score (nSPS) is 12.0. The van der Waals surface area contributed by atoms with Crippen LogP contribution in [0.25, 0.3) is 22.3 Å². The van der Waals surface area contributed by atoms with Crippen molar-refractivity contribution in [2.75, 3.05) is 5.32 Å². The smallest absolute Gasteiger partial charge is 0.0426 e. The first-order chi connectivity index (χ1) is 12.9. The van der Waals surface area contributed by atoms with Crippen molar-refractivity contribution in [2.45, 2.75) is 6.42 Å². The Hall–Kier alpha value is -3.32. The maximum atomic E-state index is 3.63. The molecule has 124 valence electrons. The molecule has 0 saturated heterocycles. The van der Waals surface area contributed by atoms with Crippen LogP contribution in [0.5, 0.6) is 0 Å². The van der Waals surface area contributed by atoms with Crippen LogP contribution in [-0.2, 0) is 6.42 Å². The molecule has 0 radical (unpaired) electrons. The lowest BCUT2D eigenvalue weighted by Crippen LogP contribution is -2.08. The van der Waals surface area contributed by atoms with Gasteiger partial charge < -0.3 is 5.32 Å². The van der Waals surface area contributed by atoms with E-state index in [0.29, 0.717) is 0 Å². The fraction of sp³-hybridized carbons (Fsp3) is 0.0400. The van der Waals surface area contributed by atoms with Gasteiger partial charge in [-0.05, 0) is 45.5 Å². The number of fused-ring (bicyclic) bond motifs is 2. The summed E-state index contributed by atoms with van der Waals surface area (Å²) < 4.78 is 0. The summed E-state index contributed by atoms with van der Waals surface area (Å²) in [5, 5.41) is 3.63. The van der Waals surface area contributed by atoms with Gasteiger partial charge in [0.1, 0.15) is 0 Å². The molecule has 1 heteroatoms. The first-order valence-corrected chi connectivity index (χ1v) is 9.02. The van der Waals surface area contributed by atoms with Crippen molar-refractivity contribution >= 4 is 11.4 Å². The maximum Gasteiger partial charge on any atom is 0.0426 e. The molecule has 5 rings (SSSR count). The molecule has 0 saturated carbocycles. The van der Waals surface area contributed by atoms with Gasteiger partial charge in [-0.2, -0.15) is 0 Å². The Morgan fingerprint density at radius 3 is 1.96 bits per heavy atom. The van der Waals surface area contributed by atoms with Crippen molar-refractivity contribution in [2.24, 2.45) is 0 Å². The number of hydrogen-bond donors (Lipinski definition) is 1. The zero-order chi connectivity index (χ0) is 17.3. The zero-order valence-corrected chi connectivity index (χ0v) is 14.4. The molecule has 26 heavy (non-hydrogen) atoms. The van der Waals surface area contributed by atoms with Gasteiger partial charge in [-0.15, -0.1) is 0 Å². The Balaban J connectivity index is 1.77. The molecular formula is C25H19N. The monoisotopic (exact) mass is 333 g/mol. The second-order valence-corrected chi connectivity index (χ2v) is 6.71. The molecule has 1 N–H and O–H groups in total. The highest BCUT2D eigenvalue weighted by molar-refractivity contribution is 5.91. The molecule has 0 fully saturated rings. The van der Waals surface area contributed by atoms with E-state index in [1.807, 2.05) is 0 Å². The predicted octanol–water partition coefficient (Wildman–Crippen LogP) is 6.67. The molecule has 1 aliphatic heterocycles. The first-order valence-electron chi connectivity index (χ1n) is 9.02. The fourth-order valence-electron chi connectivity index (χ4n) is 3.87. The molecule has 1 nitrogen and oxygen atoms in total. The summed E-state index contributed by atoms with van der Waals surface area (Å²) in [6.07, 6.45) is 0.948. The van der Waals surface area contributed by atoms with Crippen LogP contribution in [0.4, 0.5) is 11.4 Å². The van der Waals surface area contributed by atoms with Crippen molar-refractivity contribution in [1.82, 2.24) is 0 Å². The van der Waals surface area contributed by atoms with Crippen molar-refractivity contribution < 1.29 is 0 Å². The minimum absolute atomic E-state index is 0.948. The van der Waals surface area contributed by atoms with Crippen molar-refractivity contribution in [1.29, 1.82) is 0 Å². The van der Waals surface area contributed by atoms with Crippen LogP contribution in [0.3, 0.4) is 0 Å². The summed E-state index contributed by atoms with van der Waals surface area (Å²) >= 11 is 0. The second-order valence-electron chi connectivity index (χ2n) is 6.71. The van der Waals surface area contributed by atoms with Gasteiger partial charge in [0.15, 0.2) is 0 Å². The van der Waals surface area contributed by atoms with Crippen molar-refractivity contribution in [3.8, 4) is 22.3 Å². The summed E-state index contributed by atoms with van der Waals surface area (Å²) in [7, 11) is 0. The summed E-state index contributed by atoms with van der Waals surface area (Å²) in [6.45, 7) is 0. The lowest BCUT2D eigenvalue weighted by molar-refractivity contribution is 1.16. The molecule has 0 amide bonds. The average Bonchev–Trinajstić information content (AvgIpc) is 2.72. The van der Waals surface area contributed by atoms with Gasteiger partial charge in [0.25, 0.3) is 0 Å². The standard InChI is InChI=1S/C25H19N/c1-3-9-18(10-4-1)21-15-16-24-22(25(21)19-11-5-2-6-12-19)17-20-13-7-8-14-23(20)26-24/h1-16,26H,17H2. The van der Waals surface area contributed by atoms with E-state index in [1.54, 1.807) is 0 Å². The van der Waals surface area contributed by atoms with Crippen LogP contribution in [0, 0.1) is 0 Å². The number of para-hydroxylation sites is 1. The minimum Gasteiger partial charge on any atom is -0.355 e. The van der Waals surface area contributed by atoms with Gasteiger partial charge in [0, 0.05) is 17.8 Å². The van der Waals surface area contributed by atoms with Gasteiger partial charge in [-0.1, -0.05) is 84.9 Å². The van der Waals surface area contributed by atoms with Gasteiger partial charge >= 0.3 is 0 Å². The fourth-order valence-corrected chi connectivity index (χ4v) is 3.87. The van der Waals surface area contributed by atoms with Crippen LogP contribution in [0.1, 0.15) is 11.1 Å². The van der Waals surface area contributed by atoms with E-state index in [0.717, 1.165) is 6.42 Å². The molecule has 1 aliphatic rings. The third-order valence-electron chi connectivity index (χ3n) is 5.11. The van der Waals surface area contributed by atoms with Crippen LogP contribution >= 0.6 is 0 Å². The van der Waals surface area contributed by atoms with E-state index >= 15 is 0 Å². The Kier molecular flexibility index (Phi) is 3.57. The van der Waals surface area contributed by atoms with Crippen LogP contribution in [-0.4, -0.2) is 0 Å². The Bertz CT molecular complexity index is 1070. The van der Waals surface area contributed by atoms with E-state index in [1.165, 1.54) is 44.8 Å². The lowest BCUT2D eigenvalue weighted by atomic mass is 9.85. The molecule has 4 aromatic rings. The number of benzene rings is 4. The highest BCUT2D eigenvalue weighted by atomic mass is 14.9. The molecule has 0 aromatic heterocycles. The highest BCUT2D eigenvalue weighted by Crippen LogP contribution is 2.43. The quantitative estimate of drug-likeness (QED) is 0.380. The maximum absolute atomic E-state index is 3.63. The number of rotatable bonds is 2. The topological polar surface area (TPSA) is 12.0 Å². The number of nitrogens with one attached hydrogen (secondary N) is 1. The Morgan fingerprint density at radius 2 is 1.19 bits per heavy atom. The highest BCUT2D eigenvalue weighted by Gasteiger charge is 2.21. The van der Waals surface area contributed by atoms with Crippen LogP contribution in [0.2, 0.25) is 0 Å². The van der Waals surface area contributed by atoms with Crippen LogP contribution < -0.4 is 5.32 Å². The van der Waals surface area contributed by atoms with E-state index in [-0.39, 0.29) is 0 Å². The molecule has 1 heterocycles. The zero-order valence-electron chi connectivity index (χ0n) is 14.4. The summed E-state index contributed by atoms with van der Waals surface area (Å²) in [5.41, 5.74) is 10.3. The van der Waals surface area contributed by atoms with Crippen molar-refractivity contribution in [3.63, 3.8) is 0 Å². The molecule has 0 bridgehead atoms. The Labute approximate surface area is 154 Å². The molecular weight excluding hydrogens is 314 g/mol. The Morgan fingerprint density at radius 1 is 0.538 bits per heavy atom. The van der Waals surface area contributed by atoms with E-state index in [4.69, 9.17) is 0 Å². The van der Waals surface area contributed by atoms with Gasteiger partial charge in [-0.25, -0.2) is 0 Å². The summed E-state index contributed by atoms with van der Waals surface area (Å²) in [5.74, 6) is 0. The summed E-state index contributed by atoms with van der Waals surface area (Å²) in [4.78, 5) is 0.